The van der Waals surface area contributed by atoms with Crippen LogP contribution in [0.5, 0.6) is 11.6 Å². The third-order valence-corrected chi connectivity index (χ3v) is 2.31. The van der Waals surface area contributed by atoms with E-state index in [2.05, 4.69) is 4.98 Å². The number of nitro groups is 1. The summed E-state index contributed by atoms with van der Waals surface area (Å²) in [5, 5.41) is 19.6. The highest BCUT2D eigenvalue weighted by atomic mass is 19.1. The van der Waals surface area contributed by atoms with E-state index in [0.717, 1.165) is 18.2 Å². The molecule has 0 fully saturated rings. The fourth-order valence-corrected chi connectivity index (χ4v) is 1.40. The third kappa shape index (κ3) is 3.02. The van der Waals surface area contributed by atoms with Gasteiger partial charge in [-0.3, -0.25) is 10.1 Å². The molecule has 0 spiro atoms. The summed E-state index contributed by atoms with van der Waals surface area (Å²) in [6.07, 6.45) is 1.36. The lowest BCUT2D eigenvalue weighted by atomic mass is 10.3. The summed E-state index contributed by atoms with van der Waals surface area (Å²) >= 11 is 0. The lowest BCUT2D eigenvalue weighted by Crippen LogP contribution is -1.96. The molecule has 7 heteroatoms. The Morgan fingerprint density at radius 1 is 1.37 bits per heavy atom. The largest absolute Gasteiger partial charge is 0.432 e. The molecule has 1 heterocycles. The van der Waals surface area contributed by atoms with Crippen molar-refractivity contribution >= 4 is 5.69 Å². The van der Waals surface area contributed by atoms with Crippen molar-refractivity contribution < 1.29 is 19.2 Å². The van der Waals surface area contributed by atoms with Crippen molar-refractivity contribution in [1.82, 2.24) is 4.98 Å². The van der Waals surface area contributed by atoms with Crippen molar-refractivity contribution in [3.63, 3.8) is 0 Å². The first-order valence-electron chi connectivity index (χ1n) is 5.27. The van der Waals surface area contributed by atoms with Crippen LogP contribution < -0.4 is 4.74 Å². The summed E-state index contributed by atoms with van der Waals surface area (Å²) in [4.78, 5) is 14.0. The number of pyridine rings is 1. The van der Waals surface area contributed by atoms with Gasteiger partial charge >= 0.3 is 5.69 Å². The Morgan fingerprint density at radius 3 is 2.74 bits per heavy atom. The van der Waals surface area contributed by atoms with E-state index in [1.807, 2.05) is 0 Å². The van der Waals surface area contributed by atoms with E-state index >= 15 is 0 Å². The van der Waals surface area contributed by atoms with Crippen LogP contribution in [0.3, 0.4) is 0 Å². The van der Waals surface area contributed by atoms with Crippen molar-refractivity contribution in [2.75, 3.05) is 0 Å². The quantitative estimate of drug-likeness (QED) is 0.677. The number of hydrogen-bond acceptors (Lipinski definition) is 5. The van der Waals surface area contributed by atoms with Crippen LogP contribution in [0, 0.1) is 15.9 Å². The van der Waals surface area contributed by atoms with Gasteiger partial charge in [0.15, 0.2) is 0 Å². The second-order valence-electron chi connectivity index (χ2n) is 3.63. The van der Waals surface area contributed by atoms with Gasteiger partial charge in [0, 0.05) is 24.4 Å². The van der Waals surface area contributed by atoms with Gasteiger partial charge in [-0.05, 0) is 17.7 Å². The summed E-state index contributed by atoms with van der Waals surface area (Å²) in [7, 11) is 0. The van der Waals surface area contributed by atoms with Crippen molar-refractivity contribution in [3.05, 3.63) is 58.0 Å². The van der Waals surface area contributed by atoms with Crippen LogP contribution in [-0.4, -0.2) is 15.0 Å². The molecular weight excluding hydrogens is 255 g/mol. The van der Waals surface area contributed by atoms with Crippen LogP contribution in [0.25, 0.3) is 0 Å². The molecule has 19 heavy (non-hydrogen) atoms. The zero-order chi connectivity index (χ0) is 13.8. The molecule has 2 rings (SSSR count). The minimum Gasteiger partial charge on any atom is -0.432 e. The first-order valence-corrected chi connectivity index (χ1v) is 5.27. The SMILES string of the molecule is O=[N+]([O-])c1ccc(F)cc1Oc1ccc(CO)cn1. The molecule has 0 aliphatic rings. The number of ether oxygens (including phenoxy) is 1. The Bertz CT molecular complexity index is 601. The molecule has 98 valence electrons. The van der Waals surface area contributed by atoms with Crippen molar-refractivity contribution in [2.45, 2.75) is 6.61 Å². The molecule has 0 bridgehead atoms. The number of aromatic nitrogens is 1. The van der Waals surface area contributed by atoms with E-state index in [9.17, 15) is 14.5 Å². The number of aliphatic hydroxyl groups is 1. The van der Waals surface area contributed by atoms with Gasteiger partial charge in [-0.2, -0.15) is 0 Å². The molecule has 0 atom stereocenters. The molecule has 0 saturated carbocycles. The highest BCUT2D eigenvalue weighted by Crippen LogP contribution is 2.31. The Hall–Kier alpha value is -2.54. The maximum atomic E-state index is 13.1. The topological polar surface area (TPSA) is 85.5 Å². The summed E-state index contributed by atoms with van der Waals surface area (Å²) in [5.74, 6) is -0.798. The summed E-state index contributed by atoms with van der Waals surface area (Å²) < 4.78 is 18.3. The monoisotopic (exact) mass is 264 g/mol. The average Bonchev–Trinajstić information content (AvgIpc) is 2.39. The van der Waals surface area contributed by atoms with Gasteiger partial charge in [0.05, 0.1) is 11.5 Å². The maximum absolute atomic E-state index is 13.1. The average molecular weight is 264 g/mol. The zero-order valence-corrected chi connectivity index (χ0v) is 9.62. The van der Waals surface area contributed by atoms with Crippen LogP contribution in [0.2, 0.25) is 0 Å². The minimum atomic E-state index is -0.670. The van der Waals surface area contributed by atoms with Crippen molar-refractivity contribution in [2.24, 2.45) is 0 Å². The molecule has 0 amide bonds. The Balaban J connectivity index is 2.31. The van der Waals surface area contributed by atoms with Gasteiger partial charge in [-0.15, -0.1) is 0 Å². The van der Waals surface area contributed by atoms with Crippen LogP contribution in [0.15, 0.2) is 36.5 Å². The standard InChI is InChI=1S/C12H9FN2O4/c13-9-2-3-10(15(17)18)11(5-9)19-12-4-1-8(7-16)6-14-12/h1-6,16H,7H2. The fraction of sp³-hybridized carbons (Fsp3) is 0.0833. The molecule has 0 unspecified atom stereocenters. The van der Waals surface area contributed by atoms with E-state index in [0.29, 0.717) is 5.56 Å². The number of aliphatic hydroxyl groups excluding tert-OH is 1. The van der Waals surface area contributed by atoms with Gasteiger partial charge in [0.1, 0.15) is 5.82 Å². The Labute approximate surface area is 107 Å². The van der Waals surface area contributed by atoms with Crippen LogP contribution in [-0.2, 0) is 6.61 Å². The normalized spacial score (nSPS) is 10.2. The number of nitrogens with zero attached hydrogens (tertiary/aromatic N) is 2. The fourth-order valence-electron chi connectivity index (χ4n) is 1.40. The van der Waals surface area contributed by atoms with E-state index in [-0.39, 0.29) is 23.9 Å². The van der Waals surface area contributed by atoms with Gasteiger partial charge in [-0.1, -0.05) is 0 Å². The van der Waals surface area contributed by atoms with Crippen LogP contribution in [0.1, 0.15) is 5.56 Å². The maximum Gasteiger partial charge on any atom is 0.311 e. The third-order valence-electron chi connectivity index (χ3n) is 2.31. The molecule has 1 aromatic heterocycles. The first kappa shape index (κ1) is 12.9. The number of rotatable bonds is 4. The van der Waals surface area contributed by atoms with Crippen molar-refractivity contribution in [3.8, 4) is 11.6 Å². The van der Waals surface area contributed by atoms with Crippen molar-refractivity contribution in [1.29, 1.82) is 0 Å². The molecule has 0 aliphatic carbocycles. The van der Waals surface area contributed by atoms with Gasteiger partial charge in [0.25, 0.3) is 0 Å². The number of halogens is 1. The smallest absolute Gasteiger partial charge is 0.311 e. The van der Waals surface area contributed by atoms with Crippen LogP contribution in [0.4, 0.5) is 10.1 Å². The van der Waals surface area contributed by atoms with Crippen LogP contribution >= 0.6 is 0 Å². The molecule has 1 aromatic carbocycles. The second kappa shape index (κ2) is 5.40. The predicted molar refractivity (Wildman–Crippen MR) is 63.3 cm³/mol. The highest BCUT2D eigenvalue weighted by Gasteiger charge is 2.17. The lowest BCUT2D eigenvalue weighted by Gasteiger charge is -2.05. The van der Waals surface area contributed by atoms with E-state index in [1.54, 1.807) is 6.07 Å². The summed E-state index contributed by atoms with van der Waals surface area (Å²) in [6.45, 7) is -0.173. The highest BCUT2D eigenvalue weighted by molar-refractivity contribution is 5.47. The van der Waals surface area contributed by atoms with Gasteiger partial charge in [0.2, 0.25) is 11.6 Å². The molecule has 1 N–H and O–H groups in total. The molecule has 6 nitrogen and oxygen atoms in total. The predicted octanol–water partition coefficient (Wildman–Crippen LogP) is 2.41. The number of nitro benzene ring substituents is 1. The van der Waals surface area contributed by atoms with E-state index in [1.165, 1.54) is 12.3 Å². The molecule has 0 radical (unpaired) electrons. The van der Waals surface area contributed by atoms with E-state index < -0.39 is 10.7 Å². The molecule has 2 aromatic rings. The Kier molecular flexibility index (Phi) is 3.67. The summed E-state index contributed by atoms with van der Waals surface area (Å²) in [5.41, 5.74) is 0.218. The number of hydrogen-bond donors (Lipinski definition) is 1. The van der Waals surface area contributed by atoms with E-state index in [4.69, 9.17) is 9.84 Å². The minimum absolute atomic E-state index is 0.0749. The molecule has 0 aliphatic heterocycles. The lowest BCUT2D eigenvalue weighted by molar-refractivity contribution is -0.385. The zero-order valence-electron chi connectivity index (χ0n) is 9.62. The number of benzene rings is 1. The summed E-state index contributed by atoms with van der Waals surface area (Å²) in [6, 6.07) is 5.90. The molecular formula is C12H9FN2O4. The second-order valence-corrected chi connectivity index (χ2v) is 3.63. The first-order chi connectivity index (χ1) is 9.10. The van der Waals surface area contributed by atoms with Gasteiger partial charge in [-0.25, -0.2) is 9.37 Å². The Morgan fingerprint density at radius 2 is 2.16 bits per heavy atom. The molecule has 0 saturated heterocycles. The van der Waals surface area contributed by atoms with Gasteiger partial charge < -0.3 is 9.84 Å².